The van der Waals surface area contributed by atoms with Crippen LogP contribution in [0, 0.1) is 5.82 Å². The predicted molar refractivity (Wildman–Crippen MR) is 119 cm³/mol. The Morgan fingerprint density at radius 3 is 2.73 bits per heavy atom. The fourth-order valence-corrected chi connectivity index (χ4v) is 5.12. The van der Waals surface area contributed by atoms with Gasteiger partial charge in [-0.3, -0.25) is 4.90 Å². The number of nitrogens with two attached hydrogens (primary N) is 1. The third kappa shape index (κ3) is 4.55. The zero-order valence-electron chi connectivity index (χ0n) is 16.6. The fraction of sp³-hybridized carbons (Fsp3) is 0.364. The Morgan fingerprint density at radius 1 is 1.27 bits per heavy atom. The lowest BCUT2D eigenvalue weighted by Crippen LogP contribution is -2.37. The highest BCUT2D eigenvalue weighted by atomic mass is 32.1. The van der Waals surface area contributed by atoms with Crippen LogP contribution in [0.15, 0.2) is 42.5 Å². The summed E-state index contributed by atoms with van der Waals surface area (Å²) < 4.78 is 15.4. The van der Waals surface area contributed by atoms with Crippen LogP contribution >= 0.6 is 11.3 Å². The molecule has 1 aliphatic heterocycles. The van der Waals surface area contributed by atoms with Gasteiger partial charge in [-0.05, 0) is 69.2 Å². The number of piperidine rings is 1. The van der Waals surface area contributed by atoms with Gasteiger partial charge in [0.25, 0.3) is 0 Å². The molecule has 2 heterocycles. The number of hydrogen-bond donors (Lipinski definition) is 2. The molecule has 158 valence electrons. The number of fused-ring (bicyclic) bond motifs is 1. The average Bonchev–Trinajstić information content (AvgIpc) is 3.16. The Kier molecular flexibility index (Phi) is 6.15. The van der Waals surface area contributed by atoms with E-state index in [1.54, 1.807) is 11.3 Å². The van der Waals surface area contributed by atoms with Crippen LogP contribution in [0.25, 0.3) is 10.2 Å². The Bertz CT molecular complexity index is 1000. The van der Waals surface area contributed by atoms with E-state index in [1.165, 1.54) is 21.8 Å². The molecule has 0 atom stereocenters. The fourth-order valence-electron chi connectivity index (χ4n) is 3.98. The van der Waals surface area contributed by atoms with Gasteiger partial charge in [-0.15, -0.1) is 11.3 Å². The van der Waals surface area contributed by atoms with Gasteiger partial charge in [0.2, 0.25) is 0 Å². The van der Waals surface area contributed by atoms with E-state index in [1.807, 2.05) is 12.1 Å². The van der Waals surface area contributed by atoms with Crippen molar-refractivity contribution in [3.8, 4) is 0 Å². The molecular formula is C22H25FN4O2S. The maximum atomic E-state index is 14.1. The number of amides is 1. The molecular weight excluding hydrogens is 403 g/mol. The molecule has 0 aliphatic carbocycles. The molecule has 0 bridgehead atoms. The summed E-state index contributed by atoms with van der Waals surface area (Å²) in [7, 11) is 0. The highest BCUT2D eigenvalue weighted by Gasteiger charge is 2.24. The van der Waals surface area contributed by atoms with Crippen molar-refractivity contribution in [1.29, 1.82) is 0 Å². The molecule has 1 fully saturated rings. The zero-order chi connectivity index (χ0) is 21.1. The molecule has 1 saturated heterocycles. The highest BCUT2D eigenvalue weighted by molar-refractivity contribution is 7.18. The maximum absolute atomic E-state index is 14.1. The van der Waals surface area contributed by atoms with Crippen LogP contribution in [0.3, 0.4) is 0 Å². The van der Waals surface area contributed by atoms with Gasteiger partial charge in [-0.1, -0.05) is 12.1 Å². The van der Waals surface area contributed by atoms with Crippen molar-refractivity contribution in [1.82, 2.24) is 9.88 Å². The van der Waals surface area contributed by atoms with E-state index >= 15 is 0 Å². The quantitative estimate of drug-likeness (QED) is 0.553. The van der Waals surface area contributed by atoms with Gasteiger partial charge >= 0.3 is 6.09 Å². The zero-order valence-corrected chi connectivity index (χ0v) is 17.4. The number of rotatable bonds is 6. The van der Waals surface area contributed by atoms with E-state index in [2.05, 4.69) is 17.0 Å². The standard InChI is InChI=1S/C22H25FN4O2S/c23-17-14-16(24)6-7-19(17)27(22(28)29)11-3-10-26-12-8-15(9-13-26)21-25-18-4-1-2-5-20(18)30-21/h1-2,4-7,14-15H,3,8-13,24H2,(H,28,29). The van der Waals surface area contributed by atoms with Crippen molar-refractivity contribution in [3.63, 3.8) is 0 Å². The van der Waals surface area contributed by atoms with Gasteiger partial charge in [0.15, 0.2) is 0 Å². The van der Waals surface area contributed by atoms with Crippen LogP contribution in [0.2, 0.25) is 0 Å². The summed E-state index contributed by atoms with van der Waals surface area (Å²) in [6, 6.07) is 12.3. The third-order valence-electron chi connectivity index (χ3n) is 5.60. The molecule has 30 heavy (non-hydrogen) atoms. The second-order valence-electron chi connectivity index (χ2n) is 7.63. The van der Waals surface area contributed by atoms with E-state index in [0.29, 0.717) is 12.3 Å². The molecule has 3 aromatic rings. The first-order chi connectivity index (χ1) is 14.5. The molecule has 1 aliphatic rings. The Labute approximate surface area is 178 Å². The second-order valence-corrected chi connectivity index (χ2v) is 8.70. The lowest BCUT2D eigenvalue weighted by Gasteiger charge is -2.31. The molecule has 1 amide bonds. The second kappa shape index (κ2) is 8.97. The van der Waals surface area contributed by atoms with Crippen molar-refractivity contribution >= 4 is 39.0 Å². The van der Waals surface area contributed by atoms with Gasteiger partial charge in [-0.2, -0.15) is 0 Å². The largest absolute Gasteiger partial charge is 0.465 e. The molecule has 0 spiro atoms. The van der Waals surface area contributed by atoms with E-state index < -0.39 is 11.9 Å². The Balaban J connectivity index is 1.29. The molecule has 3 N–H and O–H groups in total. The van der Waals surface area contributed by atoms with Gasteiger partial charge in [0.05, 0.1) is 20.9 Å². The van der Waals surface area contributed by atoms with Crippen LogP contribution < -0.4 is 10.6 Å². The van der Waals surface area contributed by atoms with E-state index in [-0.39, 0.29) is 17.9 Å². The van der Waals surface area contributed by atoms with E-state index in [0.717, 1.165) is 49.0 Å². The summed E-state index contributed by atoms with van der Waals surface area (Å²) >= 11 is 1.78. The summed E-state index contributed by atoms with van der Waals surface area (Å²) in [6.07, 6.45) is 1.58. The first kappa shape index (κ1) is 20.6. The van der Waals surface area contributed by atoms with Crippen molar-refractivity contribution in [2.45, 2.75) is 25.2 Å². The van der Waals surface area contributed by atoms with E-state index in [9.17, 15) is 14.3 Å². The predicted octanol–water partition coefficient (Wildman–Crippen LogP) is 4.77. The topological polar surface area (TPSA) is 82.7 Å². The SMILES string of the molecule is Nc1ccc(N(CCCN2CCC(c3nc4ccccc4s3)CC2)C(=O)O)c(F)c1. The summed E-state index contributed by atoms with van der Waals surface area (Å²) in [4.78, 5) is 19.8. The number of carboxylic acid groups (broad SMARTS) is 1. The van der Waals surface area contributed by atoms with Gasteiger partial charge < -0.3 is 15.7 Å². The monoisotopic (exact) mass is 428 g/mol. The number of anilines is 2. The van der Waals surface area contributed by atoms with Crippen LogP contribution in [-0.4, -0.2) is 47.3 Å². The summed E-state index contributed by atoms with van der Waals surface area (Å²) in [5.41, 5.74) is 6.96. The first-order valence-electron chi connectivity index (χ1n) is 10.1. The molecule has 2 aromatic carbocycles. The number of nitrogen functional groups attached to an aromatic ring is 1. The first-order valence-corrected chi connectivity index (χ1v) is 11.0. The van der Waals surface area contributed by atoms with Crippen molar-refractivity contribution in [2.75, 3.05) is 36.8 Å². The number of benzene rings is 2. The normalized spacial score (nSPS) is 15.5. The number of halogens is 1. The van der Waals surface area contributed by atoms with Gasteiger partial charge in [-0.25, -0.2) is 14.2 Å². The molecule has 6 nitrogen and oxygen atoms in total. The summed E-state index contributed by atoms with van der Waals surface area (Å²) in [5.74, 6) is -0.132. The molecule has 4 rings (SSSR count). The van der Waals surface area contributed by atoms with Gasteiger partial charge in [0.1, 0.15) is 5.82 Å². The van der Waals surface area contributed by atoms with Crippen molar-refractivity contribution < 1.29 is 14.3 Å². The molecule has 0 radical (unpaired) electrons. The number of carbonyl (C=O) groups is 1. The van der Waals surface area contributed by atoms with E-state index in [4.69, 9.17) is 10.7 Å². The minimum Gasteiger partial charge on any atom is -0.465 e. The lowest BCUT2D eigenvalue weighted by atomic mass is 9.97. The minimum atomic E-state index is -1.16. The molecule has 0 unspecified atom stereocenters. The number of hydrogen-bond acceptors (Lipinski definition) is 5. The third-order valence-corrected chi connectivity index (χ3v) is 6.80. The van der Waals surface area contributed by atoms with Crippen molar-refractivity contribution in [3.05, 3.63) is 53.3 Å². The van der Waals surface area contributed by atoms with Crippen LogP contribution in [0.4, 0.5) is 20.6 Å². The highest BCUT2D eigenvalue weighted by Crippen LogP contribution is 2.33. The van der Waals surface area contributed by atoms with Crippen LogP contribution in [0.5, 0.6) is 0 Å². The number of likely N-dealkylation sites (tertiary alicyclic amines) is 1. The molecule has 0 saturated carbocycles. The number of aromatic nitrogens is 1. The number of nitrogens with zero attached hydrogens (tertiary/aromatic N) is 3. The van der Waals surface area contributed by atoms with Crippen LogP contribution in [-0.2, 0) is 0 Å². The average molecular weight is 429 g/mol. The summed E-state index contributed by atoms with van der Waals surface area (Å²) in [5, 5.41) is 10.7. The van der Waals surface area contributed by atoms with Crippen molar-refractivity contribution in [2.24, 2.45) is 0 Å². The number of para-hydroxylation sites is 1. The lowest BCUT2D eigenvalue weighted by molar-refractivity contribution is 0.197. The smallest absolute Gasteiger partial charge is 0.411 e. The molecule has 8 heteroatoms. The maximum Gasteiger partial charge on any atom is 0.411 e. The molecule has 1 aromatic heterocycles. The number of thiazole rings is 1. The minimum absolute atomic E-state index is 0.0474. The van der Waals surface area contributed by atoms with Gasteiger partial charge in [0, 0.05) is 18.2 Å². The van der Waals surface area contributed by atoms with Crippen LogP contribution in [0.1, 0.15) is 30.2 Å². The Morgan fingerprint density at radius 2 is 2.03 bits per heavy atom. The Hall–Kier alpha value is -2.71. The summed E-state index contributed by atoms with van der Waals surface area (Å²) in [6.45, 7) is 2.95.